The van der Waals surface area contributed by atoms with Crippen molar-refractivity contribution in [3.63, 3.8) is 0 Å². The molecule has 2 atom stereocenters. The van der Waals surface area contributed by atoms with Crippen LogP contribution >= 0.6 is 0 Å². The highest BCUT2D eigenvalue weighted by molar-refractivity contribution is 4.79. The lowest BCUT2D eigenvalue weighted by atomic mass is 9.90. The summed E-state index contributed by atoms with van der Waals surface area (Å²) < 4.78 is 35.6. The van der Waals surface area contributed by atoms with Crippen LogP contribution in [0, 0.1) is 5.92 Å². The number of rotatable bonds is 5. The summed E-state index contributed by atoms with van der Waals surface area (Å²) in [6.45, 7) is 3.83. The molecule has 5 heteroatoms. The van der Waals surface area contributed by atoms with Crippen LogP contribution in [0.1, 0.15) is 32.6 Å². The Bertz CT molecular complexity index is 194. The maximum Gasteiger partial charge on any atom is 0.390 e. The number of halogens is 3. The molecule has 2 N–H and O–H groups in total. The van der Waals surface area contributed by atoms with Gasteiger partial charge in [0.2, 0.25) is 0 Å². The van der Waals surface area contributed by atoms with E-state index in [9.17, 15) is 13.2 Å². The summed E-state index contributed by atoms with van der Waals surface area (Å²) in [7, 11) is 0. The molecule has 0 aromatic rings. The van der Waals surface area contributed by atoms with E-state index in [0.717, 1.165) is 18.9 Å². The summed E-state index contributed by atoms with van der Waals surface area (Å²) in [6.07, 6.45) is -1.35. The van der Waals surface area contributed by atoms with Gasteiger partial charge in [-0.1, -0.05) is 13.3 Å². The molecule has 96 valence electrons. The first-order valence-corrected chi connectivity index (χ1v) is 6.02. The first-order chi connectivity index (χ1) is 7.51. The fourth-order valence-electron chi connectivity index (χ4n) is 2.13. The average Bonchev–Trinajstić information content (AvgIpc) is 2.23. The third kappa shape index (κ3) is 5.70. The van der Waals surface area contributed by atoms with Gasteiger partial charge in [-0.3, -0.25) is 0 Å². The fourth-order valence-corrected chi connectivity index (χ4v) is 2.13. The second-order valence-corrected chi connectivity index (χ2v) is 4.52. The Morgan fingerprint density at radius 1 is 1.38 bits per heavy atom. The van der Waals surface area contributed by atoms with Crippen LogP contribution in [0.2, 0.25) is 0 Å². The van der Waals surface area contributed by atoms with Gasteiger partial charge in [0.25, 0.3) is 0 Å². The molecule has 0 aliphatic carbocycles. The molecule has 2 unspecified atom stereocenters. The highest BCUT2D eigenvalue weighted by Gasteiger charge is 2.26. The molecule has 16 heavy (non-hydrogen) atoms. The first-order valence-electron chi connectivity index (χ1n) is 6.02. The van der Waals surface area contributed by atoms with E-state index in [-0.39, 0.29) is 6.54 Å². The van der Waals surface area contributed by atoms with Crippen LogP contribution in [0.3, 0.4) is 0 Å². The van der Waals surface area contributed by atoms with Crippen molar-refractivity contribution in [2.75, 3.05) is 19.6 Å². The average molecular weight is 238 g/mol. The van der Waals surface area contributed by atoms with E-state index in [0.29, 0.717) is 12.6 Å². The van der Waals surface area contributed by atoms with Gasteiger partial charge < -0.3 is 10.6 Å². The van der Waals surface area contributed by atoms with E-state index >= 15 is 0 Å². The Labute approximate surface area is 95.0 Å². The van der Waals surface area contributed by atoms with Crippen molar-refractivity contribution >= 4 is 0 Å². The molecule has 0 aromatic carbocycles. The zero-order valence-corrected chi connectivity index (χ0v) is 9.74. The molecule has 0 bridgehead atoms. The van der Waals surface area contributed by atoms with Crippen LogP contribution in [0.25, 0.3) is 0 Å². The third-order valence-electron chi connectivity index (χ3n) is 3.16. The van der Waals surface area contributed by atoms with Crippen molar-refractivity contribution < 1.29 is 13.2 Å². The summed E-state index contributed by atoms with van der Waals surface area (Å²) >= 11 is 0. The molecule has 1 aliphatic rings. The second kappa shape index (κ2) is 6.45. The standard InChI is InChI=1S/C11H21F3N2/c1-2-9-3-5-16-10(7-9)8-15-6-4-11(12,13)14/h9-10,15-16H,2-8H2,1H3. The Morgan fingerprint density at radius 2 is 2.12 bits per heavy atom. The van der Waals surface area contributed by atoms with Gasteiger partial charge >= 0.3 is 6.18 Å². The van der Waals surface area contributed by atoms with Gasteiger partial charge in [-0.15, -0.1) is 0 Å². The zero-order valence-electron chi connectivity index (χ0n) is 9.74. The molecule has 1 saturated heterocycles. The Morgan fingerprint density at radius 3 is 2.75 bits per heavy atom. The normalized spacial score (nSPS) is 27.0. The van der Waals surface area contributed by atoms with Crippen molar-refractivity contribution in [2.45, 2.75) is 44.8 Å². The highest BCUT2D eigenvalue weighted by Crippen LogP contribution is 2.20. The van der Waals surface area contributed by atoms with Crippen LogP contribution in [-0.4, -0.2) is 31.9 Å². The van der Waals surface area contributed by atoms with Gasteiger partial charge in [-0.2, -0.15) is 13.2 Å². The molecule has 0 spiro atoms. The largest absolute Gasteiger partial charge is 0.390 e. The van der Waals surface area contributed by atoms with Gasteiger partial charge in [0.15, 0.2) is 0 Å². The van der Waals surface area contributed by atoms with Crippen LogP contribution < -0.4 is 10.6 Å². The highest BCUT2D eigenvalue weighted by atomic mass is 19.4. The smallest absolute Gasteiger partial charge is 0.315 e. The summed E-state index contributed by atoms with van der Waals surface area (Å²) in [5.74, 6) is 0.732. The fraction of sp³-hybridized carbons (Fsp3) is 1.00. The van der Waals surface area contributed by atoms with E-state index in [1.807, 2.05) is 0 Å². The first kappa shape index (κ1) is 13.8. The maximum atomic E-state index is 11.9. The Hall–Kier alpha value is -0.290. The number of piperidine rings is 1. The molecule has 2 nitrogen and oxygen atoms in total. The Balaban J connectivity index is 2.08. The predicted molar refractivity (Wildman–Crippen MR) is 58.3 cm³/mol. The minimum Gasteiger partial charge on any atom is -0.315 e. The third-order valence-corrected chi connectivity index (χ3v) is 3.16. The van der Waals surface area contributed by atoms with Gasteiger partial charge in [0, 0.05) is 19.1 Å². The summed E-state index contributed by atoms with van der Waals surface area (Å²) in [5.41, 5.74) is 0. The van der Waals surface area contributed by atoms with Gasteiger partial charge in [-0.25, -0.2) is 0 Å². The minimum atomic E-state index is -4.04. The lowest BCUT2D eigenvalue weighted by molar-refractivity contribution is -0.133. The topological polar surface area (TPSA) is 24.1 Å². The van der Waals surface area contributed by atoms with Crippen LogP contribution in [0.15, 0.2) is 0 Å². The lowest BCUT2D eigenvalue weighted by Crippen LogP contribution is -2.44. The van der Waals surface area contributed by atoms with Gasteiger partial charge in [-0.05, 0) is 25.3 Å². The number of hydrogen-bond acceptors (Lipinski definition) is 2. The van der Waals surface area contributed by atoms with Gasteiger partial charge in [0.1, 0.15) is 0 Å². The number of nitrogens with one attached hydrogen (secondary N) is 2. The zero-order chi connectivity index (χ0) is 12.0. The molecule has 1 rings (SSSR count). The summed E-state index contributed by atoms with van der Waals surface area (Å²) in [6, 6.07) is 0.340. The molecule has 1 aliphatic heterocycles. The van der Waals surface area contributed by atoms with Gasteiger partial charge in [0.05, 0.1) is 6.42 Å². The minimum absolute atomic E-state index is 0.0263. The summed E-state index contributed by atoms with van der Waals surface area (Å²) in [5, 5.41) is 6.21. The monoisotopic (exact) mass is 238 g/mol. The van der Waals surface area contributed by atoms with Crippen molar-refractivity contribution in [1.29, 1.82) is 0 Å². The lowest BCUT2D eigenvalue weighted by Gasteiger charge is -2.30. The Kier molecular flexibility index (Phi) is 5.55. The number of hydrogen-bond donors (Lipinski definition) is 2. The predicted octanol–water partition coefficient (Wildman–Crippen LogP) is 2.31. The second-order valence-electron chi connectivity index (χ2n) is 4.52. The SMILES string of the molecule is CCC1CCNC(CNCCC(F)(F)F)C1. The molecule has 0 saturated carbocycles. The summed E-state index contributed by atoms with van der Waals surface area (Å²) in [4.78, 5) is 0. The van der Waals surface area contributed by atoms with Crippen molar-refractivity contribution in [3.8, 4) is 0 Å². The van der Waals surface area contributed by atoms with Crippen molar-refractivity contribution in [3.05, 3.63) is 0 Å². The van der Waals surface area contributed by atoms with E-state index in [1.165, 1.54) is 12.8 Å². The molecule has 0 amide bonds. The van der Waals surface area contributed by atoms with Crippen LogP contribution in [-0.2, 0) is 0 Å². The van der Waals surface area contributed by atoms with Crippen LogP contribution in [0.4, 0.5) is 13.2 Å². The molecule has 1 heterocycles. The molecule has 1 fully saturated rings. The van der Waals surface area contributed by atoms with E-state index in [1.54, 1.807) is 0 Å². The van der Waals surface area contributed by atoms with E-state index in [4.69, 9.17) is 0 Å². The van der Waals surface area contributed by atoms with Crippen molar-refractivity contribution in [1.82, 2.24) is 10.6 Å². The van der Waals surface area contributed by atoms with E-state index in [2.05, 4.69) is 17.6 Å². The van der Waals surface area contributed by atoms with Crippen molar-refractivity contribution in [2.24, 2.45) is 5.92 Å². The number of alkyl halides is 3. The molecule has 0 aromatic heterocycles. The molecular weight excluding hydrogens is 217 g/mol. The van der Waals surface area contributed by atoms with E-state index < -0.39 is 12.6 Å². The molecular formula is C11H21F3N2. The maximum absolute atomic E-state index is 11.9. The quantitative estimate of drug-likeness (QED) is 0.718. The molecule has 0 radical (unpaired) electrons. The van der Waals surface area contributed by atoms with Crippen LogP contribution in [0.5, 0.6) is 0 Å².